The van der Waals surface area contributed by atoms with E-state index in [0.29, 0.717) is 12.1 Å². The quantitative estimate of drug-likeness (QED) is 0.235. The van der Waals surface area contributed by atoms with Gasteiger partial charge in [0, 0.05) is 18.4 Å². The third-order valence-corrected chi connectivity index (χ3v) is 5.40. The molecule has 2 rings (SSSR count). The van der Waals surface area contributed by atoms with E-state index in [0.717, 1.165) is 10.6 Å². The molecule has 7 nitrogen and oxygen atoms in total. The number of carbonyl (C=O) groups excluding carboxylic acids is 3. The zero-order valence-corrected chi connectivity index (χ0v) is 18.8. The lowest BCUT2D eigenvalue weighted by Gasteiger charge is -2.29. The van der Waals surface area contributed by atoms with Gasteiger partial charge in [-0.15, -0.1) is 6.42 Å². The molecular weight excluding hydrogens is 503 g/mol. The third kappa shape index (κ3) is 5.06. The largest absolute Gasteiger partial charge is 0.425 e. The molecule has 36 heavy (non-hydrogen) atoms. The van der Waals surface area contributed by atoms with Crippen LogP contribution in [0.5, 0.6) is 0 Å². The number of Topliss-reactive ketones (excluding diaryl/α,β-unsaturated/α-hetero) is 1. The molecule has 0 fully saturated rings. The van der Waals surface area contributed by atoms with Crippen LogP contribution in [0.2, 0.25) is 0 Å². The molecule has 1 atom stereocenters. The maximum atomic E-state index is 13.5. The molecule has 194 valence electrons. The van der Waals surface area contributed by atoms with Crippen LogP contribution in [0.4, 0.5) is 36.4 Å². The molecule has 1 aromatic heterocycles. The van der Waals surface area contributed by atoms with Crippen LogP contribution in [0.15, 0.2) is 18.2 Å². The highest BCUT2D eigenvalue weighted by Crippen LogP contribution is 2.33. The molecule has 2 aromatic rings. The van der Waals surface area contributed by atoms with Crippen LogP contribution in [0.25, 0.3) is 0 Å². The fourth-order valence-corrected chi connectivity index (χ4v) is 3.37. The van der Waals surface area contributed by atoms with Gasteiger partial charge in [-0.25, -0.2) is 4.39 Å². The van der Waals surface area contributed by atoms with Crippen molar-refractivity contribution in [2.45, 2.75) is 31.7 Å². The second kappa shape index (κ2) is 9.65. The number of hydrogen-bond acceptors (Lipinski definition) is 4. The number of hydrogen-bond donors (Lipinski definition) is 3. The van der Waals surface area contributed by atoms with Gasteiger partial charge in [-0.1, -0.05) is 5.92 Å². The number of anilines is 1. The maximum Gasteiger partial charge on any atom is 0.425 e. The second-order valence-corrected chi connectivity index (χ2v) is 7.63. The van der Waals surface area contributed by atoms with Crippen molar-refractivity contribution < 1.29 is 50.2 Å². The number of carbonyl (C=O) groups is 3. The predicted octanol–water partition coefficient (Wildman–Crippen LogP) is 3.28. The van der Waals surface area contributed by atoms with E-state index >= 15 is 0 Å². The summed E-state index contributed by atoms with van der Waals surface area (Å²) in [5, 5.41) is 12.5. The number of nitrogens with one attached hydrogen (secondary N) is 2. The van der Waals surface area contributed by atoms with Crippen LogP contribution < -0.4 is 10.6 Å². The van der Waals surface area contributed by atoms with E-state index in [1.54, 1.807) is 0 Å². The fraction of sp³-hybridized carbons (Fsp3) is 0.318. The van der Waals surface area contributed by atoms with Crippen LogP contribution >= 0.6 is 0 Å². The van der Waals surface area contributed by atoms with Crippen molar-refractivity contribution in [2.24, 2.45) is 7.05 Å². The lowest BCUT2D eigenvalue weighted by molar-refractivity contribution is -0.189. The Kier molecular flexibility index (Phi) is 7.61. The summed E-state index contributed by atoms with van der Waals surface area (Å²) < 4.78 is 93.3. The van der Waals surface area contributed by atoms with Crippen molar-refractivity contribution in [1.29, 1.82) is 0 Å². The van der Waals surface area contributed by atoms with Gasteiger partial charge in [0.1, 0.15) is 11.5 Å². The highest BCUT2D eigenvalue weighted by atomic mass is 19.4. The number of aliphatic hydroxyl groups excluding tert-OH is 1. The minimum Gasteiger partial charge on any atom is -0.393 e. The van der Waals surface area contributed by atoms with Crippen molar-refractivity contribution in [1.82, 2.24) is 9.88 Å². The SMILES string of the molecule is C#CC(CO)(NC(=O)C(=O)c1c(C)c(C(=O)Nc2ccc(F)c(C(F)(F)F)c2)n(C)c1C)C(F)(F)F. The first-order valence-electron chi connectivity index (χ1n) is 9.78. The van der Waals surface area contributed by atoms with Gasteiger partial charge in [0.15, 0.2) is 0 Å². The summed E-state index contributed by atoms with van der Waals surface area (Å²) >= 11 is 0. The number of ketones is 1. The zero-order chi connectivity index (χ0) is 27.8. The first kappa shape index (κ1) is 28.4. The summed E-state index contributed by atoms with van der Waals surface area (Å²) in [6, 6.07) is 1.70. The number of aliphatic hydroxyl groups is 1. The zero-order valence-electron chi connectivity index (χ0n) is 18.8. The maximum absolute atomic E-state index is 13.5. The Morgan fingerprint density at radius 1 is 1.11 bits per heavy atom. The summed E-state index contributed by atoms with van der Waals surface area (Å²) in [4.78, 5) is 37.9. The van der Waals surface area contributed by atoms with Crippen LogP contribution in [-0.2, 0) is 18.0 Å². The molecule has 1 unspecified atom stereocenters. The van der Waals surface area contributed by atoms with Gasteiger partial charge in [-0.2, -0.15) is 26.3 Å². The first-order chi connectivity index (χ1) is 16.4. The first-order valence-corrected chi connectivity index (χ1v) is 9.78. The molecule has 2 amide bonds. The lowest BCUT2D eigenvalue weighted by atomic mass is 9.99. The highest BCUT2D eigenvalue weighted by molar-refractivity contribution is 6.44. The minimum absolute atomic E-state index is 0.0461. The molecule has 0 aliphatic carbocycles. The molecule has 0 bridgehead atoms. The molecule has 0 aliphatic heterocycles. The van der Waals surface area contributed by atoms with Gasteiger partial charge < -0.3 is 20.3 Å². The molecule has 3 N–H and O–H groups in total. The monoisotopic (exact) mass is 521 g/mol. The molecule has 1 aromatic carbocycles. The normalized spacial score (nSPS) is 13.5. The van der Waals surface area contributed by atoms with Gasteiger partial charge in [-0.3, -0.25) is 14.4 Å². The summed E-state index contributed by atoms with van der Waals surface area (Å²) in [6.45, 7) is 0.677. The van der Waals surface area contributed by atoms with Crippen LogP contribution in [-0.4, -0.2) is 45.6 Å². The number of nitrogens with zero attached hydrogens (tertiary/aromatic N) is 1. The molecule has 14 heteroatoms. The highest BCUT2D eigenvalue weighted by Gasteiger charge is 2.55. The van der Waals surface area contributed by atoms with Gasteiger partial charge in [-0.05, 0) is 37.6 Å². The van der Waals surface area contributed by atoms with E-state index in [1.165, 1.54) is 32.1 Å². The van der Waals surface area contributed by atoms with E-state index in [4.69, 9.17) is 11.5 Å². The summed E-state index contributed by atoms with van der Waals surface area (Å²) in [5.74, 6) is -4.75. The average molecular weight is 521 g/mol. The number of aromatic nitrogens is 1. The second-order valence-electron chi connectivity index (χ2n) is 7.63. The standard InChI is InChI=1S/C22H18F7N3O4/c1-5-20(9-33,22(27,28)29)31-19(36)17(34)15-10(2)16(32(4)11(15)3)18(35)30-12-6-7-14(23)13(8-12)21(24,25)26/h1,6-8,33H,9H2,2-4H3,(H,30,35)(H,31,36). The van der Waals surface area contributed by atoms with Gasteiger partial charge in [0.2, 0.25) is 5.54 Å². The van der Waals surface area contributed by atoms with Crippen molar-refractivity contribution >= 4 is 23.3 Å². The van der Waals surface area contributed by atoms with Crippen molar-refractivity contribution in [3.05, 3.63) is 52.1 Å². The minimum atomic E-state index is -5.32. The number of terminal acetylenes is 1. The summed E-state index contributed by atoms with van der Waals surface area (Å²) in [5.41, 5.74) is -6.65. The molecule has 0 aliphatic rings. The van der Waals surface area contributed by atoms with Gasteiger partial charge in [0.05, 0.1) is 17.7 Å². The topological polar surface area (TPSA) is 100 Å². The number of rotatable bonds is 6. The number of benzene rings is 1. The number of halogens is 7. The molecule has 0 radical (unpaired) electrons. The Balaban J connectivity index is 2.43. The molecule has 0 spiro atoms. The predicted molar refractivity (Wildman–Crippen MR) is 111 cm³/mol. The van der Waals surface area contributed by atoms with Crippen LogP contribution in [0.3, 0.4) is 0 Å². The molecule has 0 saturated carbocycles. The van der Waals surface area contributed by atoms with Gasteiger partial charge in [0.25, 0.3) is 17.6 Å². The van der Waals surface area contributed by atoms with E-state index in [2.05, 4.69) is 5.32 Å². The van der Waals surface area contributed by atoms with Crippen LogP contribution in [0.1, 0.15) is 37.7 Å². The van der Waals surface area contributed by atoms with Crippen LogP contribution in [0, 0.1) is 32.0 Å². The number of alkyl halides is 6. The van der Waals surface area contributed by atoms with E-state index < -0.39 is 64.7 Å². The Hall–Kier alpha value is -3.86. The van der Waals surface area contributed by atoms with E-state index in [1.807, 2.05) is 0 Å². The number of amides is 2. The Labute approximate surface area is 199 Å². The summed E-state index contributed by atoms with van der Waals surface area (Å²) in [7, 11) is 1.26. The van der Waals surface area contributed by atoms with Crippen molar-refractivity contribution in [2.75, 3.05) is 11.9 Å². The third-order valence-electron chi connectivity index (χ3n) is 5.40. The molecular formula is C22H18F7N3O4. The van der Waals surface area contributed by atoms with E-state index in [-0.39, 0.29) is 17.0 Å². The Morgan fingerprint density at radius 2 is 1.69 bits per heavy atom. The lowest BCUT2D eigenvalue weighted by Crippen LogP contribution is -2.61. The summed E-state index contributed by atoms with van der Waals surface area (Å²) in [6.07, 6.45) is -5.53. The van der Waals surface area contributed by atoms with E-state index in [9.17, 15) is 45.1 Å². The van der Waals surface area contributed by atoms with Crippen molar-refractivity contribution in [3.8, 4) is 12.3 Å². The Morgan fingerprint density at radius 3 is 2.17 bits per heavy atom. The fourth-order valence-electron chi connectivity index (χ4n) is 3.37. The Bertz CT molecular complexity index is 1270. The molecule has 0 saturated heterocycles. The molecule has 1 heterocycles. The van der Waals surface area contributed by atoms with Gasteiger partial charge >= 0.3 is 12.4 Å². The smallest absolute Gasteiger partial charge is 0.393 e. The average Bonchev–Trinajstić information content (AvgIpc) is 2.99. The van der Waals surface area contributed by atoms with Crippen molar-refractivity contribution in [3.63, 3.8) is 0 Å².